The highest BCUT2D eigenvalue weighted by molar-refractivity contribution is 5.14. The molecule has 2 rings (SSSR count). The molecule has 0 saturated carbocycles. The van der Waals surface area contributed by atoms with Gasteiger partial charge in [0.2, 0.25) is 0 Å². The third kappa shape index (κ3) is 4.49. The van der Waals surface area contributed by atoms with E-state index in [1.54, 1.807) is 0 Å². The van der Waals surface area contributed by atoms with E-state index < -0.39 is 0 Å². The molecule has 17 heavy (non-hydrogen) atoms. The lowest BCUT2D eigenvalue weighted by molar-refractivity contribution is 0.211. The number of nitrogens with one attached hydrogen (secondary N) is 1. The summed E-state index contributed by atoms with van der Waals surface area (Å²) in [6, 6.07) is 10.6. The van der Waals surface area contributed by atoms with E-state index in [4.69, 9.17) is 0 Å². The maximum absolute atomic E-state index is 3.55. The first-order chi connectivity index (χ1) is 8.34. The van der Waals surface area contributed by atoms with Gasteiger partial charge in [0.1, 0.15) is 0 Å². The zero-order valence-corrected chi connectivity index (χ0v) is 10.9. The fraction of sp³-hybridized carbons (Fsp3) is 0.600. The summed E-state index contributed by atoms with van der Waals surface area (Å²) in [6.45, 7) is 4.73. The van der Waals surface area contributed by atoms with E-state index in [9.17, 15) is 0 Å². The van der Waals surface area contributed by atoms with Crippen molar-refractivity contribution in [3.63, 3.8) is 0 Å². The monoisotopic (exact) mass is 232 g/mol. The predicted molar refractivity (Wildman–Crippen MR) is 73.0 cm³/mol. The number of hydrogen-bond acceptors (Lipinski definition) is 2. The van der Waals surface area contributed by atoms with Crippen LogP contribution in [0.3, 0.4) is 0 Å². The average molecular weight is 232 g/mol. The smallest absolute Gasteiger partial charge is 0.0205 e. The van der Waals surface area contributed by atoms with Gasteiger partial charge in [-0.15, -0.1) is 0 Å². The fourth-order valence-corrected chi connectivity index (χ4v) is 2.49. The zero-order chi connectivity index (χ0) is 11.9. The van der Waals surface area contributed by atoms with Gasteiger partial charge in [0.05, 0.1) is 0 Å². The van der Waals surface area contributed by atoms with Gasteiger partial charge in [-0.1, -0.05) is 30.3 Å². The van der Waals surface area contributed by atoms with Crippen LogP contribution < -0.4 is 5.32 Å². The second-order valence-corrected chi connectivity index (χ2v) is 5.20. The molecule has 0 bridgehead atoms. The number of hydrogen-bond donors (Lipinski definition) is 1. The second-order valence-electron chi connectivity index (χ2n) is 5.20. The topological polar surface area (TPSA) is 15.3 Å². The summed E-state index contributed by atoms with van der Waals surface area (Å²) in [4.78, 5) is 2.44. The summed E-state index contributed by atoms with van der Waals surface area (Å²) < 4.78 is 0. The van der Waals surface area contributed by atoms with Crippen LogP contribution >= 0.6 is 0 Å². The Morgan fingerprint density at radius 1 is 1.18 bits per heavy atom. The van der Waals surface area contributed by atoms with Crippen molar-refractivity contribution in [2.75, 3.05) is 26.7 Å². The molecule has 1 heterocycles. The Hall–Kier alpha value is -0.860. The lowest BCUT2D eigenvalue weighted by Crippen LogP contribution is -2.31. The van der Waals surface area contributed by atoms with Crippen LogP contribution in [0.25, 0.3) is 0 Å². The molecular formula is C15H24N2. The van der Waals surface area contributed by atoms with Crippen LogP contribution in [0.4, 0.5) is 0 Å². The first-order valence-corrected chi connectivity index (χ1v) is 6.78. The van der Waals surface area contributed by atoms with E-state index in [0.717, 1.165) is 19.0 Å². The molecule has 1 saturated heterocycles. The highest BCUT2D eigenvalue weighted by Crippen LogP contribution is 2.18. The molecule has 2 heteroatoms. The van der Waals surface area contributed by atoms with Crippen LogP contribution in [0.15, 0.2) is 30.3 Å². The Kier molecular flexibility index (Phi) is 5.02. The Morgan fingerprint density at radius 3 is 2.59 bits per heavy atom. The summed E-state index contributed by atoms with van der Waals surface area (Å²) in [7, 11) is 2.23. The highest BCUT2D eigenvalue weighted by Gasteiger charge is 2.15. The molecular weight excluding hydrogens is 208 g/mol. The zero-order valence-electron chi connectivity index (χ0n) is 10.9. The van der Waals surface area contributed by atoms with Gasteiger partial charge in [0, 0.05) is 6.54 Å². The molecule has 94 valence electrons. The molecule has 0 aromatic heterocycles. The van der Waals surface area contributed by atoms with E-state index in [-0.39, 0.29) is 0 Å². The first kappa shape index (κ1) is 12.6. The Balaban J connectivity index is 1.57. The molecule has 1 N–H and O–H groups in total. The quantitative estimate of drug-likeness (QED) is 0.785. The van der Waals surface area contributed by atoms with Crippen LogP contribution in [0.5, 0.6) is 0 Å². The van der Waals surface area contributed by atoms with Crippen molar-refractivity contribution in [3.8, 4) is 0 Å². The van der Waals surface area contributed by atoms with E-state index in [1.165, 1.54) is 37.9 Å². The van der Waals surface area contributed by atoms with Crippen molar-refractivity contribution in [2.24, 2.45) is 5.92 Å². The summed E-state index contributed by atoms with van der Waals surface area (Å²) in [5.74, 6) is 0.939. The first-order valence-electron chi connectivity index (χ1n) is 6.78. The third-order valence-electron chi connectivity index (χ3n) is 3.74. The van der Waals surface area contributed by atoms with Crippen LogP contribution in [0.1, 0.15) is 24.8 Å². The lowest BCUT2D eigenvalue weighted by atomic mass is 9.94. The molecule has 1 fully saturated rings. The van der Waals surface area contributed by atoms with Gasteiger partial charge in [0.15, 0.2) is 0 Å². The number of benzene rings is 1. The molecule has 1 aromatic rings. The van der Waals surface area contributed by atoms with Crippen LogP contribution in [0.2, 0.25) is 0 Å². The number of nitrogens with zero attached hydrogens (tertiary/aromatic N) is 1. The molecule has 0 unspecified atom stereocenters. The maximum atomic E-state index is 3.55. The number of likely N-dealkylation sites (tertiary alicyclic amines) is 1. The van der Waals surface area contributed by atoms with Gasteiger partial charge in [0.25, 0.3) is 0 Å². The van der Waals surface area contributed by atoms with Crippen molar-refractivity contribution in [2.45, 2.75) is 25.8 Å². The van der Waals surface area contributed by atoms with Gasteiger partial charge in [-0.05, 0) is 57.4 Å². The number of piperidine rings is 1. The molecule has 0 amide bonds. The van der Waals surface area contributed by atoms with E-state index in [2.05, 4.69) is 47.6 Å². The lowest BCUT2D eigenvalue weighted by Gasteiger charge is -2.28. The summed E-state index contributed by atoms with van der Waals surface area (Å²) in [5.41, 5.74) is 1.39. The minimum absolute atomic E-state index is 0.939. The SMILES string of the molecule is CN1CCC(CCNCc2ccccc2)CC1. The molecule has 0 aliphatic carbocycles. The van der Waals surface area contributed by atoms with Crippen molar-refractivity contribution in [3.05, 3.63) is 35.9 Å². The van der Waals surface area contributed by atoms with Crippen LogP contribution in [-0.2, 0) is 6.54 Å². The normalized spacial score (nSPS) is 18.4. The summed E-state index contributed by atoms with van der Waals surface area (Å²) in [6.07, 6.45) is 4.09. The average Bonchev–Trinajstić information content (AvgIpc) is 2.38. The van der Waals surface area contributed by atoms with Crippen LogP contribution in [0, 0.1) is 5.92 Å². The summed E-state index contributed by atoms with van der Waals surface area (Å²) >= 11 is 0. The minimum atomic E-state index is 0.939. The maximum Gasteiger partial charge on any atom is 0.0205 e. The van der Waals surface area contributed by atoms with E-state index in [0.29, 0.717) is 0 Å². The fourth-order valence-electron chi connectivity index (χ4n) is 2.49. The van der Waals surface area contributed by atoms with Gasteiger partial charge < -0.3 is 10.2 Å². The molecule has 1 aliphatic heterocycles. The molecule has 1 aliphatic rings. The molecule has 2 nitrogen and oxygen atoms in total. The number of rotatable bonds is 5. The van der Waals surface area contributed by atoms with Crippen molar-refractivity contribution in [1.29, 1.82) is 0 Å². The summed E-state index contributed by atoms with van der Waals surface area (Å²) in [5, 5.41) is 3.55. The highest BCUT2D eigenvalue weighted by atomic mass is 15.1. The largest absolute Gasteiger partial charge is 0.313 e. The molecule has 0 radical (unpaired) electrons. The van der Waals surface area contributed by atoms with Gasteiger partial charge >= 0.3 is 0 Å². The Labute approximate surface area is 105 Å². The van der Waals surface area contributed by atoms with E-state index in [1.807, 2.05) is 0 Å². The van der Waals surface area contributed by atoms with Crippen molar-refractivity contribution in [1.82, 2.24) is 10.2 Å². The molecule has 1 aromatic carbocycles. The van der Waals surface area contributed by atoms with Crippen molar-refractivity contribution >= 4 is 0 Å². The standard InChI is InChI=1S/C15H24N2/c1-17-11-8-14(9-12-17)7-10-16-13-15-5-3-2-4-6-15/h2-6,14,16H,7-13H2,1H3. The van der Waals surface area contributed by atoms with Crippen molar-refractivity contribution < 1.29 is 0 Å². The van der Waals surface area contributed by atoms with Gasteiger partial charge in [-0.3, -0.25) is 0 Å². The molecule has 0 atom stereocenters. The van der Waals surface area contributed by atoms with Gasteiger partial charge in [-0.2, -0.15) is 0 Å². The van der Waals surface area contributed by atoms with Gasteiger partial charge in [-0.25, -0.2) is 0 Å². The Bertz CT molecular complexity index is 302. The third-order valence-corrected chi connectivity index (χ3v) is 3.74. The van der Waals surface area contributed by atoms with Crippen LogP contribution in [-0.4, -0.2) is 31.6 Å². The Morgan fingerprint density at radius 2 is 1.88 bits per heavy atom. The molecule has 0 spiro atoms. The minimum Gasteiger partial charge on any atom is -0.313 e. The van der Waals surface area contributed by atoms with E-state index >= 15 is 0 Å². The predicted octanol–water partition coefficient (Wildman–Crippen LogP) is 2.51. The second kappa shape index (κ2) is 6.77.